The maximum Gasteiger partial charge on any atom is 0.252 e. The van der Waals surface area contributed by atoms with Crippen LogP contribution in [-0.2, 0) is 6.42 Å². The third-order valence-corrected chi connectivity index (χ3v) is 3.46. The van der Waals surface area contributed by atoms with Gasteiger partial charge < -0.3 is 10.3 Å². The molecule has 0 unspecified atom stereocenters. The number of H-pyrrole nitrogens is 1. The second-order valence-electron chi connectivity index (χ2n) is 3.79. The van der Waals surface area contributed by atoms with Crippen LogP contribution in [0.15, 0.2) is 29.0 Å². The lowest BCUT2D eigenvalue weighted by atomic mass is 10.2. The average molecular weight is 347 g/mol. The van der Waals surface area contributed by atoms with Gasteiger partial charge in [-0.05, 0) is 28.1 Å². The summed E-state index contributed by atoms with van der Waals surface area (Å²) in [4.78, 5) is 18.9. The van der Waals surface area contributed by atoms with Crippen LogP contribution in [0.5, 0.6) is 0 Å². The molecule has 100 valence electrons. The molecule has 1 amide bonds. The number of amides is 1. The first-order valence-electron chi connectivity index (χ1n) is 5.49. The molecule has 0 spiro atoms. The molecule has 0 atom stereocenters. The van der Waals surface area contributed by atoms with Gasteiger partial charge in [0.25, 0.3) is 5.91 Å². The lowest BCUT2D eigenvalue weighted by molar-refractivity contribution is 0.0952. The van der Waals surface area contributed by atoms with E-state index >= 15 is 0 Å². The monoisotopic (exact) mass is 345 g/mol. The zero-order valence-electron chi connectivity index (χ0n) is 9.71. The molecule has 0 fully saturated rings. The molecule has 1 heterocycles. The van der Waals surface area contributed by atoms with E-state index in [1.54, 1.807) is 12.4 Å². The first kappa shape index (κ1) is 14.0. The highest BCUT2D eigenvalue weighted by molar-refractivity contribution is 9.10. The summed E-state index contributed by atoms with van der Waals surface area (Å²) < 4.78 is 13.5. The summed E-state index contributed by atoms with van der Waals surface area (Å²) in [6.07, 6.45) is 3.92. The highest BCUT2D eigenvalue weighted by Gasteiger charge is 2.14. The van der Waals surface area contributed by atoms with Crippen LogP contribution in [0.2, 0.25) is 5.02 Å². The summed E-state index contributed by atoms with van der Waals surface area (Å²) in [6.45, 7) is 0.396. The average Bonchev–Trinajstić information content (AvgIpc) is 2.86. The Labute approximate surface area is 122 Å². The predicted octanol–water partition coefficient (Wildman–Crippen LogP) is 2.94. The van der Waals surface area contributed by atoms with Gasteiger partial charge in [-0.25, -0.2) is 9.37 Å². The number of hydrogen-bond acceptors (Lipinski definition) is 2. The number of carbonyl (C=O) groups is 1. The van der Waals surface area contributed by atoms with Gasteiger partial charge in [-0.15, -0.1) is 0 Å². The Morgan fingerprint density at radius 2 is 2.32 bits per heavy atom. The summed E-state index contributed by atoms with van der Waals surface area (Å²) in [5.74, 6) is -0.180. The molecule has 1 aromatic heterocycles. The predicted molar refractivity (Wildman–Crippen MR) is 73.7 cm³/mol. The number of nitrogens with one attached hydrogen (secondary N) is 2. The standard InChI is InChI=1S/C12H10BrClFN3O/c13-11-8(5-7(14)6-9(11)15)12(19)18-2-1-10-16-3-4-17-10/h3-6H,1-2H2,(H,16,17)(H,18,19). The largest absolute Gasteiger partial charge is 0.352 e. The Kier molecular flexibility index (Phi) is 4.55. The number of aromatic nitrogens is 2. The number of aromatic amines is 1. The summed E-state index contributed by atoms with van der Waals surface area (Å²) in [7, 11) is 0. The molecule has 0 radical (unpaired) electrons. The zero-order valence-corrected chi connectivity index (χ0v) is 12.1. The van der Waals surface area contributed by atoms with E-state index in [1.807, 2.05) is 0 Å². The molecule has 19 heavy (non-hydrogen) atoms. The van der Waals surface area contributed by atoms with Crippen molar-refractivity contribution >= 4 is 33.4 Å². The van der Waals surface area contributed by atoms with Crippen LogP contribution in [0.4, 0.5) is 4.39 Å². The smallest absolute Gasteiger partial charge is 0.252 e. The van der Waals surface area contributed by atoms with Crippen LogP contribution in [0.1, 0.15) is 16.2 Å². The van der Waals surface area contributed by atoms with E-state index in [0.29, 0.717) is 13.0 Å². The van der Waals surface area contributed by atoms with Crippen LogP contribution < -0.4 is 5.32 Å². The minimum absolute atomic E-state index is 0.104. The van der Waals surface area contributed by atoms with Crippen LogP contribution in [0.25, 0.3) is 0 Å². The number of carbonyl (C=O) groups excluding carboxylic acids is 1. The van der Waals surface area contributed by atoms with Gasteiger partial charge in [-0.1, -0.05) is 11.6 Å². The van der Waals surface area contributed by atoms with Crippen LogP contribution in [0.3, 0.4) is 0 Å². The van der Waals surface area contributed by atoms with E-state index in [0.717, 1.165) is 11.9 Å². The molecule has 0 aliphatic rings. The molecule has 1 aromatic carbocycles. The maximum absolute atomic E-state index is 13.4. The molecule has 2 aromatic rings. The topological polar surface area (TPSA) is 57.8 Å². The molecule has 4 nitrogen and oxygen atoms in total. The van der Waals surface area contributed by atoms with Gasteiger partial charge >= 0.3 is 0 Å². The van der Waals surface area contributed by atoms with E-state index in [1.165, 1.54) is 6.07 Å². The van der Waals surface area contributed by atoms with E-state index in [-0.39, 0.29) is 21.0 Å². The highest BCUT2D eigenvalue weighted by atomic mass is 79.9. The number of rotatable bonds is 4. The van der Waals surface area contributed by atoms with Crippen molar-refractivity contribution in [2.45, 2.75) is 6.42 Å². The molecule has 0 saturated heterocycles. The number of nitrogens with zero attached hydrogens (tertiary/aromatic N) is 1. The first-order chi connectivity index (χ1) is 9.08. The number of imidazole rings is 1. The Morgan fingerprint density at radius 1 is 1.53 bits per heavy atom. The fourth-order valence-corrected chi connectivity index (χ4v) is 2.16. The van der Waals surface area contributed by atoms with Gasteiger partial charge in [0.1, 0.15) is 11.6 Å². The van der Waals surface area contributed by atoms with Crippen molar-refractivity contribution in [3.8, 4) is 0 Å². The maximum atomic E-state index is 13.4. The molecular weight excluding hydrogens is 337 g/mol. The van der Waals surface area contributed by atoms with Gasteiger partial charge in [-0.2, -0.15) is 0 Å². The minimum Gasteiger partial charge on any atom is -0.352 e. The second kappa shape index (κ2) is 6.16. The number of benzene rings is 1. The van der Waals surface area contributed by atoms with Gasteiger partial charge in [0.2, 0.25) is 0 Å². The molecule has 0 aliphatic carbocycles. The van der Waals surface area contributed by atoms with Gasteiger partial charge in [0, 0.05) is 30.4 Å². The van der Waals surface area contributed by atoms with Gasteiger partial charge in [0.05, 0.1) is 10.0 Å². The summed E-state index contributed by atoms with van der Waals surface area (Å²) in [6, 6.07) is 2.56. The highest BCUT2D eigenvalue weighted by Crippen LogP contribution is 2.24. The number of hydrogen-bond donors (Lipinski definition) is 2. The van der Waals surface area contributed by atoms with E-state index in [4.69, 9.17) is 11.6 Å². The van der Waals surface area contributed by atoms with Crippen molar-refractivity contribution in [3.05, 3.63) is 51.2 Å². The number of halogens is 3. The Morgan fingerprint density at radius 3 is 3.00 bits per heavy atom. The van der Waals surface area contributed by atoms with E-state index in [2.05, 4.69) is 31.2 Å². The van der Waals surface area contributed by atoms with Crippen molar-refractivity contribution in [1.29, 1.82) is 0 Å². The lowest BCUT2D eigenvalue weighted by Gasteiger charge is -2.07. The van der Waals surface area contributed by atoms with Gasteiger partial charge in [0.15, 0.2) is 0 Å². The van der Waals surface area contributed by atoms with Gasteiger partial charge in [-0.3, -0.25) is 4.79 Å². The van der Waals surface area contributed by atoms with Crippen molar-refractivity contribution in [1.82, 2.24) is 15.3 Å². The summed E-state index contributed by atoms with van der Waals surface area (Å²) >= 11 is 8.76. The van der Waals surface area contributed by atoms with Crippen LogP contribution in [0, 0.1) is 5.82 Å². The first-order valence-corrected chi connectivity index (χ1v) is 6.66. The van der Waals surface area contributed by atoms with Crippen molar-refractivity contribution < 1.29 is 9.18 Å². The van der Waals surface area contributed by atoms with E-state index < -0.39 is 5.82 Å². The molecule has 0 aliphatic heterocycles. The third-order valence-electron chi connectivity index (χ3n) is 2.44. The van der Waals surface area contributed by atoms with Crippen LogP contribution >= 0.6 is 27.5 Å². The minimum atomic E-state index is -0.566. The molecule has 0 bridgehead atoms. The molecule has 2 rings (SSSR count). The fourth-order valence-electron chi connectivity index (χ4n) is 1.55. The van der Waals surface area contributed by atoms with Crippen molar-refractivity contribution in [2.24, 2.45) is 0 Å². The van der Waals surface area contributed by atoms with Crippen LogP contribution in [-0.4, -0.2) is 22.4 Å². The molecule has 7 heteroatoms. The Hall–Kier alpha value is -1.40. The molecular formula is C12H10BrClFN3O. The lowest BCUT2D eigenvalue weighted by Crippen LogP contribution is -2.26. The van der Waals surface area contributed by atoms with Crippen molar-refractivity contribution in [3.63, 3.8) is 0 Å². The SMILES string of the molecule is O=C(NCCc1ncc[nH]1)c1cc(Cl)cc(F)c1Br. The zero-order chi connectivity index (χ0) is 13.8. The third kappa shape index (κ3) is 3.54. The quantitative estimate of drug-likeness (QED) is 0.836. The normalized spacial score (nSPS) is 10.5. The summed E-state index contributed by atoms with van der Waals surface area (Å²) in [5.41, 5.74) is 0.171. The molecule has 2 N–H and O–H groups in total. The second-order valence-corrected chi connectivity index (χ2v) is 5.02. The fraction of sp³-hybridized carbons (Fsp3) is 0.167. The van der Waals surface area contributed by atoms with Crippen molar-refractivity contribution in [2.75, 3.05) is 6.54 Å². The van der Waals surface area contributed by atoms with E-state index in [9.17, 15) is 9.18 Å². The Balaban J connectivity index is 2.00. The summed E-state index contributed by atoms with van der Waals surface area (Å²) in [5, 5.41) is 2.86. The Bertz CT molecular complexity index is 589. The molecule has 0 saturated carbocycles.